The molecule has 0 atom stereocenters. The van der Waals surface area contributed by atoms with E-state index < -0.39 is 5.97 Å². The summed E-state index contributed by atoms with van der Waals surface area (Å²) in [5.74, 6) is 1.39. The third-order valence-electron chi connectivity index (χ3n) is 5.11. The highest BCUT2D eigenvalue weighted by Gasteiger charge is 2.32. The highest BCUT2D eigenvalue weighted by molar-refractivity contribution is 6.12. The molecule has 0 spiro atoms. The van der Waals surface area contributed by atoms with Crippen LogP contribution >= 0.6 is 0 Å². The Morgan fingerprint density at radius 3 is 2.00 bits per heavy atom. The van der Waals surface area contributed by atoms with Gasteiger partial charge in [0.1, 0.15) is 17.9 Å². The van der Waals surface area contributed by atoms with Crippen LogP contribution in [-0.4, -0.2) is 39.5 Å². The van der Waals surface area contributed by atoms with Gasteiger partial charge in [0.25, 0.3) is 0 Å². The summed E-state index contributed by atoms with van der Waals surface area (Å²) in [4.78, 5) is 12.3. The molecule has 29 heavy (non-hydrogen) atoms. The Bertz CT molecular complexity index is 1130. The van der Waals surface area contributed by atoms with Crippen LogP contribution in [0.25, 0.3) is 21.9 Å². The van der Waals surface area contributed by atoms with Crippen LogP contribution in [-0.2, 0) is 11.3 Å². The fourth-order valence-corrected chi connectivity index (χ4v) is 3.74. The fraction of sp³-hybridized carbons (Fsp3) is 0.227. The Labute approximate surface area is 167 Å². The molecule has 1 N–H and O–H groups in total. The van der Waals surface area contributed by atoms with Crippen LogP contribution in [0.2, 0.25) is 0 Å². The highest BCUT2D eigenvalue weighted by Crippen LogP contribution is 2.48. The van der Waals surface area contributed by atoms with Crippen LogP contribution in [0, 0.1) is 0 Å². The van der Waals surface area contributed by atoms with E-state index in [4.69, 9.17) is 23.7 Å². The number of methoxy groups -OCH3 is 4. The maximum atomic E-state index is 12.3. The average molecular weight is 396 g/mol. The molecule has 0 aliphatic carbocycles. The van der Waals surface area contributed by atoms with Gasteiger partial charge in [-0.25, -0.2) is 4.79 Å². The first-order chi connectivity index (χ1) is 14.0. The Morgan fingerprint density at radius 2 is 1.38 bits per heavy atom. The number of hydrogen-bond acceptors (Lipinski definition) is 7. The van der Waals surface area contributed by atoms with E-state index in [1.54, 1.807) is 39.5 Å². The molecule has 0 aromatic heterocycles. The van der Waals surface area contributed by atoms with Gasteiger partial charge in [0.05, 0.1) is 28.4 Å². The van der Waals surface area contributed by atoms with E-state index in [1.807, 2.05) is 12.1 Å². The number of rotatable bonds is 5. The number of phenolic OH excluding ortho intramolecular Hbond substituents is 1. The first-order valence-corrected chi connectivity index (χ1v) is 8.87. The first kappa shape index (κ1) is 18.7. The quantitative estimate of drug-likeness (QED) is 0.655. The number of ether oxygens (including phenoxy) is 5. The van der Waals surface area contributed by atoms with Gasteiger partial charge in [0.2, 0.25) is 0 Å². The lowest BCUT2D eigenvalue weighted by atomic mass is 9.89. The molecule has 7 heteroatoms. The summed E-state index contributed by atoms with van der Waals surface area (Å²) >= 11 is 0. The van der Waals surface area contributed by atoms with Crippen LogP contribution in [0.3, 0.4) is 0 Å². The summed E-state index contributed by atoms with van der Waals surface area (Å²) in [5, 5.41) is 12.0. The van der Waals surface area contributed by atoms with Crippen molar-refractivity contribution in [1.29, 1.82) is 0 Å². The van der Waals surface area contributed by atoms with E-state index in [1.165, 1.54) is 7.11 Å². The molecule has 3 aromatic carbocycles. The average Bonchev–Trinajstić information content (AvgIpc) is 3.14. The number of phenols is 1. The highest BCUT2D eigenvalue weighted by atomic mass is 16.5. The molecule has 1 aliphatic rings. The summed E-state index contributed by atoms with van der Waals surface area (Å²) in [7, 11) is 6.17. The van der Waals surface area contributed by atoms with Crippen molar-refractivity contribution in [1.82, 2.24) is 0 Å². The van der Waals surface area contributed by atoms with E-state index in [-0.39, 0.29) is 17.9 Å². The molecule has 0 fully saturated rings. The van der Waals surface area contributed by atoms with Crippen LogP contribution < -0.4 is 18.9 Å². The number of esters is 1. The van der Waals surface area contributed by atoms with Gasteiger partial charge in [-0.1, -0.05) is 6.07 Å². The SMILES string of the molecule is COc1ccc(-c2c3c(c(O)c4cc(OC)c(OC)cc24)C(=O)OC3)cc1OC. The van der Waals surface area contributed by atoms with Crippen molar-refractivity contribution in [2.45, 2.75) is 6.61 Å². The molecule has 7 nitrogen and oxygen atoms in total. The number of hydrogen-bond donors (Lipinski definition) is 1. The standard InChI is InChI=1S/C22H20O7/c1-25-15-6-5-11(7-16(15)26-2)19-12-8-17(27-3)18(28-4)9-13(12)21(23)20-14(19)10-29-22(20)24/h5-9,23H,10H2,1-4H3. The molecule has 0 saturated carbocycles. The Kier molecular flexibility index (Phi) is 4.58. The molecule has 1 heterocycles. The topological polar surface area (TPSA) is 83.5 Å². The van der Waals surface area contributed by atoms with Crippen molar-refractivity contribution >= 4 is 16.7 Å². The summed E-state index contributed by atoms with van der Waals surface area (Å²) < 4.78 is 26.8. The predicted octanol–water partition coefficient (Wildman–Crippen LogP) is 3.92. The number of carbonyl (C=O) groups excluding carboxylic acids is 1. The van der Waals surface area contributed by atoms with E-state index in [0.717, 1.165) is 11.1 Å². The zero-order chi connectivity index (χ0) is 20.7. The maximum absolute atomic E-state index is 12.3. The predicted molar refractivity (Wildman–Crippen MR) is 106 cm³/mol. The minimum atomic E-state index is -0.559. The van der Waals surface area contributed by atoms with Crippen molar-refractivity contribution in [3.63, 3.8) is 0 Å². The molecule has 0 amide bonds. The maximum Gasteiger partial charge on any atom is 0.342 e. The third kappa shape index (κ3) is 2.77. The largest absolute Gasteiger partial charge is 0.506 e. The Balaban J connectivity index is 2.13. The molecule has 0 radical (unpaired) electrons. The number of carbonyl (C=O) groups is 1. The molecular weight excluding hydrogens is 376 g/mol. The van der Waals surface area contributed by atoms with Crippen LogP contribution in [0.15, 0.2) is 30.3 Å². The lowest BCUT2D eigenvalue weighted by Crippen LogP contribution is -1.99. The van der Waals surface area contributed by atoms with Gasteiger partial charge in [0, 0.05) is 10.9 Å². The van der Waals surface area contributed by atoms with Gasteiger partial charge in [-0.2, -0.15) is 0 Å². The number of aromatic hydroxyl groups is 1. The molecule has 0 bridgehead atoms. The minimum absolute atomic E-state index is 0.0652. The minimum Gasteiger partial charge on any atom is -0.506 e. The molecule has 1 aliphatic heterocycles. The van der Waals surface area contributed by atoms with Crippen molar-refractivity contribution in [2.75, 3.05) is 28.4 Å². The van der Waals surface area contributed by atoms with Gasteiger partial charge >= 0.3 is 5.97 Å². The van der Waals surface area contributed by atoms with Crippen molar-refractivity contribution in [2.24, 2.45) is 0 Å². The summed E-state index contributed by atoms with van der Waals surface area (Å²) in [6.45, 7) is 0.0652. The van der Waals surface area contributed by atoms with E-state index in [2.05, 4.69) is 0 Å². The fourth-order valence-electron chi connectivity index (χ4n) is 3.74. The van der Waals surface area contributed by atoms with Crippen molar-refractivity contribution < 1.29 is 33.6 Å². The molecular formula is C22H20O7. The van der Waals surface area contributed by atoms with Gasteiger partial charge in [-0.3, -0.25) is 0 Å². The lowest BCUT2D eigenvalue weighted by Gasteiger charge is -2.17. The van der Waals surface area contributed by atoms with E-state index >= 15 is 0 Å². The lowest BCUT2D eigenvalue weighted by molar-refractivity contribution is 0.0533. The molecule has 0 saturated heterocycles. The van der Waals surface area contributed by atoms with Crippen LogP contribution in [0.5, 0.6) is 28.7 Å². The zero-order valence-corrected chi connectivity index (χ0v) is 16.5. The molecule has 0 unspecified atom stereocenters. The van der Waals surface area contributed by atoms with Gasteiger partial charge in [0.15, 0.2) is 23.0 Å². The molecule has 3 aromatic rings. The number of cyclic esters (lactones) is 1. The summed E-state index contributed by atoms with van der Waals surface area (Å²) in [6, 6.07) is 8.91. The number of benzene rings is 3. The normalized spacial score (nSPS) is 12.5. The third-order valence-corrected chi connectivity index (χ3v) is 5.11. The number of fused-ring (bicyclic) bond motifs is 2. The second-order valence-corrected chi connectivity index (χ2v) is 6.48. The van der Waals surface area contributed by atoms with E-state index in [9.17, 15) is 9.90 Å². The van der Waals surface area contributed by atoms with Gasteiger partial charge < -0.3 is 28.8 Å². The Morgan fingerprint density at radius 1 is 0.793 bits per heavy atom. The second kappa shape index (κ2) is 7.09. The summed E-state index contributed by atoms with van der Waals surface area (Å²) in [5.41, 5.74) is 2.31. The van der Waals surface area contributed by atoms with Crippen LogP contribution in [0.4, 0.5) is 0 Å². The van der Waals surface area contributed by atoms with Crippen molar-refractivity contribution in [3.05, 3.63) is 41.5 Å². The van der Waals surface area contributed by atoms with E-state index in [0.29, 0.717) is 39.3 Å². The molecule has 4 rings (SSSR count). The van der Waals surface area contributed by atoms with Gasteiger partial charge in [-0.15, -0.1) is 0 Å². The van der Waals surface area contributed by atoms with Crippen LogP contribution in [0.1, 0.15) is 15.9 Å². The molecule has 150 valence electrons. The summed E-state index contributed by atoms with van der Waals surface area (Å²) in [6.07, 6.45) is 0. The van der Waals surface area contributed by atoms with Gasteiger partial charge in [-0.05, 0) is 40.8 Å². The first-order valence-electron chi connectivity index (χ1n) is 8.87. The monoisotopic (exact) mass is 396 g/mol. The van der Waals surface area contributed by atoms with Crippen molar-refractivity contribution in [3.8, 4) is 39.9 Å². The zero-order valence-electron chi connectivity index (χ0n) is 16.5. The Hall–Kier alpha value is -3.61. The second-order valence-electron chi connectivity index (χ2n) is 6.48. The smallest absolute Gasteiger partial charge is 0.342 e.